The number of anilines is 3. The normalized spacial score (nSPS) is 15.5. The molecule has 3 aromatic rings. The zero-order valence-corrected chi connectivity index (χ0v) is 18.0. The number of fused-ring (bicyclic) bond motifs is 2. The number of rotatable bonds is 4. The van der Waals surface area contributed by atoms with Gasteiger partial charge in [-0.2, -0.15) is 0 Å². The maximum Gasteiger partial charge on any atom is 0.187 e. The second-order valence-electron chi connectivity index (χ2n) is 8.02. The number of hydrogen-bond acceptors (Lipinski definition) is 6. The molecule has 0 atom stereocenters. The molecule has 0 bridgehead atoms. The Labute approximate surface area is 179 Å². The molecule has 2 N–H and O–H groups in total. The van der Waals surface area contributed by atoms with Crippen LogP contribution in [0, 0.1) is 5.82 Å². The molecule has 2 aliphatic heterocycles. The van der Waals surface area contributed by atoms with Crippen LogP contribution in [0.3, 0.4) is 0 Å². The summed E-state index contributed by atoms with van der Waals surface area (Å²) in [6.45, 7) is 7.42. The maximum atomic E-state index is 14.8. The van der Waals surface area contributed by atoms with Crippen LogP contribution in [0.5, 0.6) is 5.75 Å². The summed E-state index contributed by atoms with van der Waals surface area (Å²) in [6, 6.07) is 10.2. The summed E-state index contributed by atoms with van der Waals surface area (Å²) < 4.78 is 20.4. The molecule has 1 aromatic heterocycles. The van der Waals surface area contributed by atoms with Gasteiger partial charge >= 0.3 is 0 Å². The molecule has 0 aliphatic carbocycles. The van der Waals surface area contributed by atoms with Crippen LogP contribution < -0.4 is 20.3 Å². The molecule has 2 aromatic carbocycles. The quantitative estimate of drug-likeness (QED) is 0.621. The fourth-order valence-electron chi connectivity index (χ4n) is 4.13. The molecular formula is C23H25FN4OS. The van der Waals surface area contributed by atoms with Crippen molar-refractivity contribution in [2.24, 2.45) is 0 Å². The van der Waals surface area contributed by atoms with Crippen molar-refractivity contribution in [2.75, 3.05) is 29.9 Å². The van der Waals surface area contributed by atoms with Crippen LogP contribution in [0.4, 0.5) is 20.9 Å². The third-order valence-corrected chi connectivity index (χ3v) is 6.44. The van der Waals surface area contributed by atoms with Crippen LogP contribution in [0.2, 0.25) is 0 Å². The molecule has 2 aliphatic rings. The molecule has 0 spiro atoms. The minimum atomic E-state index is -0.335. The first-order valence-electron chi connectivity index (χ1n) is 10.4. The Kier molecular flexibility index (Phi) is 5.08. The van der Waals surface area contributed by atoms with Gasteiger partial charge in [-0.05, 0) is 62.2 Å². The van der Waals surface area contributed by atoms with Crippen molar-refractivity contribution < 1.29 is 9.13 Å². The number of halogens is 1. The average Bonchev–Trinajstić information content (AvgIpc) is 3.21. The van der Waals surface area contributed by atoms with Gasteiger partial charge in [0.05, 0.1) is 17.9 Å². The molecule has 5 nitrogen and oxygen atoms in total. The number of ether oxygens (including phenoxy) is 1. The van der Waals surface area contributed by atoms with Gasteiger partial charge in [0.25, 0.3) is 0 Å². The molecule has 0 radical (unpaired) electrons. The lowest BCUT2D eigenvalue weighted by Crippen LogP contribution is -2.38. The Morgan fingerprint density at radius 2 is 2.13 bits per heavy atom. The molecule has 0 fully saturated rings. The zero-order chi connectivity index (χ0) is 20.7. The second kappa shape index (κ2) is 7.89. The van der Waals surface area contributed by atoms with Gasteiger partial charge in [-0.15, -0.1) is 11.3 Å². The largest absolute Gasteiger partial charge is 0.486 e. The van der Waals surface area contributed by atoms with Crippen molar-refractivity contribution in [1.29, 1.82) is 0 Å². The Morgan fingerprint density at radius 3 is 3.00 bits per heavy atom. The van der Waals surface area contributed by atoms with E-state index in [0.29, 0.717) is 12.4 Å². The van der Waals surface area contributed by atoms with Crippen LogP contribution >= 0.6 is 11.3 Å². The molecule has 156 valence electrons. The lowest BCUT2D eigenvalue weighted by molar-refractivity contribution is 0.287. The van der Waals surface area contributed by atoms with E-state index in [1.165, 1.54) is 28.5 Å². The summed E-state index contributed by atoms with van der Waals surface area (Å²) in [6.07, 6.45) is 1.04. The molecule has 30 heavy (non-hydrogen) atoms. The lowest BCUT2D eigenvalue weighted by atomic mass is 10.0. The van der Waals surface area contributed by atoms with Gasteiger partial charge in [0.15, 0.2) is 16.7 Å². The molecule has 0 saturated carbocycles. The van der Waals surface area contributed by atoms with Crippen molar-refractivity contribution >= 4 is 27.8 Å². The fraction of sp³-hybridized carbons (Fsp3) is 0.348. The van der Waals surface area contributed by atoms with E-state index in [1.807, 2.05) is 11.4 Å². The van der Waals surface area contributed by atoms with Crippen LogP contribution in [0.25, 0.3) is 11.3 Å². The van der Waals surface area contributed by atoms with Crippen LogP contribution in [0.15, 0.2) is 35.7 Å². The average molecular weight is 425 g/mol. The first kappa shape index (κ1) is 19.3. The van der Waals surface area contributed by atoms with Gasteiger partial charge in [0.2, 0.25) is 0 Å². The van der Waals surface area contributed by atoms with Crippen molar-refractivity contribution in [3.05, 3.63) is 52.7 Å². The molecule has 0 unspecified atom stereocenters. The van der Waals surface area contributed by atoms with Crippen LogP contribution in [0.1, 0.15) is 25.0 Å². The summed E-state index contributed by atoms with van der Waals surface area (Å²) in [5.74, 6) is 0.00878. The minimum Gasteiger partial charge on any atom is -0.486 e. The van der Waals surface area contributed by atoms with E-state index < -0.39 is 0 Å². The van der Waals surface area contributed by atoms with Gasteiger partial charge in [-0.3, -0.25) is 0 Å². The van der Waals surface area contributed by atoms with Gasteiger partial charge in [0.1, 0.15) is 6.61 Å². The van der Waals surface area contributed by atoms with Crippen molar-refractivity contribution in [2.45, 2.75) is 32.9 Å². The third-order valence-electron chi connectivity index (χ3n) is 5.68. The summed E-state index contributed by atoms with van der Waals surface area (Å²) in [5, 5.41) is 9.57. The van der Waals surface area contributed by atoms with Gasteiger partial charge in [0, 0.05) is 29.2 Å². The predicted octanol–water partition coefficient (Wildman–Crippen LogP) is 4.95. The highest BCUT2D eigenvalue weighted by Crippen LogP contribution is 2.40. The van der Waals surface area contributed by atoms with Crippen molar-refractivity contribution in [1.82, 2.24) is 10.3 Å². The number of thiazole rings is 1. The molecule has 0 amide bonds. The van der Waals surface area contributed by atoms with E-state index in [1.54, 1.807) is 0 Å². The number of benzene rings is 2. The SMILES string of the molecule is CC(C)N1CCOc2c(F)cc(-c3csc(Nc4ccc5c(c4)CCNC5)n3)cc21. The first-order valence-corrected chi connectivity index (χ1v) is 11.2. The topological polar surface area (TPSA) is 49.4 Å². The van der Waals surface area contributed by atoms with Gasteiger partial charge < -0.3 is 20.3 Å². The van der Waals surface area contributed by atoms with E-state index in [0.717, 1.165) is 53.8 Å². The van der Waals surface area contributed by atoms with Crippen molar-refractivity contribution in [3.8, 4) is 17.0 Å². The zero-order valence-electron chi connectivity index (χ0n) is 17.2. The molecular weight excluding hydrogens is 399 g/mol. The van der Waals surface area contributed by atoms with Gasteiger partial charge in [-0.25, -0.2) is 9.37 Å². The smallest absolute Gasteiger partial charge is 0.187 e. The van der Waals surface area contributed by atoms with E-state index in [2.05, 4.69) is 47.6 Å². The highest BCUT2D eigenvalue weighted by atomic mass is 32.1. The fourth-order valence-corrected chi connectivity index (χ4v) is 4.87. The Balaban J connectivity index is 1.42. The lowest BCUT2D eigenvalue weighted by Gasteiger charge is -2.34. The van der Waals surface area contributed by atoms with E-state index in [4.69, 9.17) is 9.72 Å². The molecule has 7 heteroatoms. The summed E-state index contributed by atoms with van der Waals surface area (Å²) >= 11 is 1.53. The van der Waals surface area contributed by atoms with Gasteiger partial charge in [-0.1, -0.05) is 6.07 Å². The highest BCUT2D eigenvalue weighted by Gasteiger charge is 2.25. The number of nitrogens with zero attached hydrogens (tertiary/aromatic N) is 2. The Bertz CT molecular complexity index is 1080. The standard InChI is InChI=1S/C23H25FN4OS/c1-14(2)28-7-8-29-22-19(24)10-17(11-21(22)28)20-13-30-23(27-20)26-18-4-3-16-12-25-6-5-15(16)9-18/h3-4,9-11,13-14,25H,5-8,12H2,1-2H3,(H,26,27). The van der Waals surface area contributed by atoms with E-state index >= 15 is 0 Å². The summed E-state index contributed by atoms with van der Waals surface area (Å²) in [5.41, 5.74) is 6.10. The summed E-state index contributed by atoms with van der Waals surface area (Å²) in [7, 11) is 0. The van der Waals surface area contributed by atoms with E-state index in [9.17, 15) is 4.39 Å². The second-order valence-corrected chi connectivity index (χ2v) is 8.87. The third kappa shape index (κ3) is 3.63. The summed E-state index contributed by atoms with van der Waals surface area (Å²) in [4.78, 5) is 6.90. The minimum absolute atomic E-state index is 0.272. The van der Waals surface area contributed by atoms with Crippen LogP contribution in [-0.2, 0) is 13.0 Å². The highest BCUT2D eigenvalue weighted by molar-refractivity contribution is 7.14. The number of nitrogens with one attached hydrogen (secondary N) is 2. The van der Waals surface area contributed by atoms with Crippen molar-refractivity contribution in [3.63, 3.8) is 0 Å². The molecule has 3 heterocycles. The number of hydrogen-bond donors (Lipinski definition) is 2. The van der Waals surface area contributed by atoms with Crippen LogP contribution in [-0.4, -0.2) is 30.7 Å². The Morgan fingerprint density at radius 1 is 1.23 bits per heavy atom. The predicted molar refractivity (Wildman–Crippen MR) is 121 cm³/mol. The Hall–Kier alpha value is -2.64. The maximum absolute atomic E-state index is 14.8. The molecule has 5 rings (SSSR count). The van der Waals surface area contributed by atoms with E-state index in [-0.39, 0.29) is 11.9 Å². The molecule has 0 saturated heterocycles. The monoisotopic (exact) mass is 424 g/mol. The number of aromatic nitrogens is 1. The first-order chi connectivity index (χ1) is 14.6.